The van der Waals surface area contributed by atoms with Crippen LogP contribution in [0.3, 0.4) is 0 Å². The van der Waals surface area contributed by atoms with Gasteiger partial charge in [-0.15, -0.1) is 0 Å². The Morgan fingerprint density at radius 3 is 1.58 bits per heavy atom. The average molecular weight is 294 g/mol. The molecule has 0 aliphatic heterocycles. The number of halogens is 2. The van der Waals surface area contributed by atoms with Crippen LogP contribution in [0.1, 0.15) is 11.1 Å². The Labute approximate surface area is 123 Å². The molecule has 0 N–H and O–H groups in total. The lowest BCUT2D eigenvalue weighted by Crippen LogP contribution is -2.10. The molecule has 0 aliphatic carbocycles. The van der Waals surface area contributed by atoms with E-state index >= 15 is 0 Å². The van der Waals surface area contributed by atoms with Gasteiger partial charge in [-0.3, -0.25) is 0 Å². The van der Waals surface area contributed by atoms with Crippen molar-refractivity contribution in [2.24, 2.45) is 0 Å². The molecule has 0 amide bonds. The van der Waals surface area contributed by atoms with Crippen LogP contribution >= 0.6 is 23.2 Å². The van der Waals surface area contributed by atoms with Gasteiger partial charge in [-0.05, 0) is 49.2 Å². The van der Waals surface area contributed by atoms with E-state index in [4.69, 9.17) is 32.5 Å². The van der Waals surface area contributed by atoms with Crippen LogP contribution in [0.15, 0.2) is 36.4 Å². The van der Waals surface area contributed by atoms with E-state index in [2.05, 4.69) is 0 Å². The Morgan fingerprint density at radius 1 is 0.789 bits per heavy atom. The van der Waals surface area contributed by atoms with Gasteiger partial charge in [0.15, 0.2) is 0 Å². The highest BCUT2D eigenvalue weighted by atomic mass is 35.5. The zero-order valence-corrected chi connectivity index (χ0v) is 12.1. The summed E-state index contributed by atoms with van der Waals surface area (Å²) in [5.41, 5.74) is 2.00. The van der Waals surface area contributed by atoms with Crippen molar-refractivity contribution in [2.45, 2.75) is 13.8 Å². The molecule has 0 saturated heterocycles. The standard InChI is InChI=1S/C14H12BCl2O2/c1-9-3-5-11(7-13(9)16)18-15-19-12-6-4-10(2)14(17)8-12/h3-8H,1-2H3. The normalized spacial score (nSPS) is 10.1. The Bertz CT molecular complexity index is 536. The lowest BCUT2D eigenvalue weighted by molar-refractivity contribution is 0.459. The number of rotatable bonds is 4. The molecule has 5 heteroatoms. The molecule has 0 bridgehead atoms. The summed E-state index contributed by atoms with van der Waals surface area (Å²) < 4.78 is 10.7. The van der Waals surface area contributed by atoms with Crippen molar-refractivity contribution in [3.63, 3.8) is 0 Å². The Hall–Kier alpha value is -1.32. The molecular formula is C14H12BCl2O2. The van der Waals surface area contributed by atoms with E-state index < -0.39 is 0 Å². The molecule has 2 nitrogen and oxygen atoms in total. The first kappa shape index (κ1) is 14.1. The maximum Gasteiger partial charge on any atom is 0.658 e. The molecule has 0 saturated carbocycles. The molecule has 1 radical (unpaired) electrons. The minimum atomic E-state index is 0.619. The first-order chi connectivity index (χ1) is 9.06. The molecule has 0 atom stereocenters. The molecule has 97 valence electrons. The summed E-state index contributed by atoms with van der Waals surface area (Å²) in [6.45, 7) is 3.86. The van der Waals surface area contributed by atoms with Gasteiger partial charge in [0.05, 0.1) is 0 Å². The SMILES string of the molecule is Cc1ccc(O[B]Oc2ccc(C)c(Cl)c2)cc1Cl. The maximum atomic E-state index is 6.00. The average Bonchev–Trinajstić information content (AvgIpc) is 2.38. The van der Waals surface area contributed by atoms with Gasteiger partial charge in [0.25, 0.3) is 0 Å². The number of hydrogen-bond donors (Lipinski definition) is 0. The van der Waals surface area contributed by atoms with Gasteiger partial charge in [-0.25, -0.2) is 0 Å². The van der Waals surface area contributed by atoms with E-state index in [-0.39, 0.29) is 0 Å². The second kappa shape index (κ2) is 6.22. The number of benzene rings is 2. The van der Waals surface area contributed by atoms with Crippen molar-refractivity contribution in [3.8, 4) is 11.5 Å². The monoisotopic (exact) mass is 293 g/mol. The summed E-state index contributed by atoms with van der Waals surface area (Å²) in [6.07, 6.45) is 0. The summed E-state index contributed by atoms with van der Waals surface area (Å²) in [5, 5.41) is 1.31. The van der Waals surface area contributed by atoms with Crippen LogP contribution in [0, 0.1) is 13.8 Å². The van der Waals surface area contributed by atoms with Gasteiger partial charge in [-0.2, -0.15) is 0 Å². The van der Waals surface area contributed by atoms with Gasteiger partial charge in [0.1, 0.15) is 11.5 Å². The highest BCUT2D eigenvalue weighted by Gasteiger charge is 2.05. The van der Waals surface area contributed by atoms with Crippen LogP contribution in [0.25, 0.3) is 0 Å². The van der Waals surface area contributed by atoms with Gasteiger partial charge in [-0.1, -0.05) is 35.3 Å². The summed E-state index contributed by atoms with van der Waals surface area (Å²) in [4.78, 5) is 0. The highest BCUT2D eigenvalue weighted by molar-refractivity contribution is 6.32. The first-order valence-electron chi connectivity index (χ1n) is 5.73. The Morgan fingerprint density at radius 2 is 1.21 bits per heavy atom. The molecule has 0 aliphatic rings. The van der Waals surface area contributed by atoms with Gasteiger partial charge in [0.2, 0.25) is 0 Å². The van der Waals surface area contributed by atoms with Crippen LogP contribution in [0.4, 0.5) is 0 Å². The molecular weight excluding hydrogens is 282 g/mol. The molecule has 0 aromatic heterocycles. The minimum Gasteiger partial charge on any atom is -0.526 e. The Kier molecular flexibility index (Phi) is 4.62. The van der Waals surface area contributed by atoms with Crippen molar-refractivity contribution in [1.82, 2.24) is 0 Å². The largest absolute Gasteiger partial charge is 0.658 e. The van der Waals surface area contributed by atoms with E-state index in [1.807, 2.05) is 38.1 Å². The van der Waals surface area contributed by atoms with Crippen molar-refractivity contribution >= 4 is 30.9 Å². The predicted octanol–water partition coefficient (Wildman–Crippen LogP) is 4.60. The highest BCUT2D eigenvalue weighted by Crippen LogP contribution is 2.23. The van der Waals surface area contributed by atoms with Crippen molar-refractivity contribution in [1.29, 1.82) is 0 Å². The number of hydrogen-bond acceptors (Lipinski definition) is 2. The molecule has 2 rings (SSSR count). The zero-order valence-electron chi connectivity index (χ0n) is 10.6. The maximum absolute atomic E-state index is 6.00. The summed E-state index contributed by atoms with van der Waals surface area (Å²) in [7, 11) is 1.25. The zero-order chi connectivity index (χ0) is 13.8. The molecule has 0 fully saturated rings. The molecule has 0 unspecified atom stereocenters. The minimum absolute atomic E-state index is 0.619. The molecule has 2 aromatic rings. The van der Waals surface area contributed by atoms with Crippen LogP contribution in [-0.4, -0.2) is 7.69 Å². The van der Waals surface area contributed by atoms with Crippen LogP contribution in [0.5, 0.6) is 11.5 Å². The number of aryl methyl sites for hydroxylation is 2. The lowest BCUT2D eigenvalue weighted by atomic mass is 10.2. The van der Waals surface area contributed by atoms with E-state index in [1.54, 1.807) is 12.1 Å². The third-order valence-electron chi connectivity index (χ3n) is 2.65. The molecule has 0 heterocycles. The van der Waals surface area contributed by atoms with Crippen molar-refractivity contribution < 1.29 is 9.31 Å². The van der Waals surface area contributed by atoms with Crippen LogP contribution < -0.4 is 9.31 Å². The molecule has 19 heavy (non-hydrogen) atoms. The van der Waals surface area contributed by atoms with Crippen LogP contribution in [0.2, 0.25) is 10.0 Å². The van der Waals surface area contributed by atoms with Crippen molar-refractivity contribution in [2.75, 3.05) is 0 Å². The fourth-order valence-electron chi connectivity index (χ4n) is 1.43. The lowest BCUT2D eigenvalue weighted by Gasteiger charge is -2.08. The smallest absolute Gasteiger partial charge is 0.526 e. The van der Waals surface area contributed by atoms with Gasteiger partial charge < -0.3 is 9.31 Å². The second-order valence-electron chi connectivity index (χ2n) is 4.15. The summed E-state index contributed by atoms with van der Waals surface area (Å²) in [6, 6.07) is 10.9. The predicted molar refractivity (Wildman–Crippen MR) is 79.4 cm³/mol. The third-order valence-corrected chi connectivity index (χ3v) is 3.47. The third kappa shape index (κ3) is 3.82. The van der Waals surface area contributed by atoms with Gasteiger partial charge in [0, 0.05) is 10.0 Å². The second-order valence-corrected chi connectivity index (χ2v) is 4.97. The van der Waals surface area contributed by atoms with E-state index in [1.165, 1.54) is 7.69 Å². The molecule has 0 spiro atoms. The summed E-state index contributed by atoms with van der Waals surface area (Å²) >= 11 is 12.0. The molecule has 2 aromatic carbocycles. The van der Waals surface area contributed by atoms with Crippen LogP contribution in [-0.2, 0) is 0 Å². The van der Waals surface area contributed by atoms with E-state index in [9.17, 15) is 0 Å². The van der Waals surface area contributed by atoms with Gasteiger partial charge >= 0.3 is 7.69 Å². The fourth-order valence-corrected chi connectivity index (χ4v) is 1.77. The van der Waals surface area contributed by atoms with E-state index in [0.717, 1.165) is 11.1 Å². The topological polar surface area (TPSA) is 18.5 Å². The Balaban J connectivity index is 1.92. The van der Waals surface area contributed by atoms with Crippen molar-refractivity contribution in [3.05, 3.63) is 57.6 Å². The quantitative estimate of drug-likeness (QED) is 0.767. The van der Waals surface area contributed by atoms with E-state index in [0.29, 0.717) is 21.5 Å². The summed E-state index contributed by atoms with van der Waals surface area (Å²) in [5.74, 6) is 1.24. The first-order valence-corrected chi connectivity index (χ1v) is 6.49. The fraction of sp³-hybridized carbons (Fsp3) is 0.143.